The van der Waals surface area contributed by atoms with Gasteiger partial charge < -0.3 is 10.5 Å². The first kappa shape index (κ1) is 14.8. The molecule has 1 aromatic carbocycles. The van der Waals surface area contributed by atoms with Crippen LogP contribution in [0.5, 0.6) is 5.75 Å². The summed E-state index contributed by atoms with van der Waals surface area (Å²) in [5, 5.41) is 0. The summed E-state index contributed by atoms with van der Waals surface area (Å²) >= 11 is 3.25. The van der Waals surface area contributed by atoms with Gasteiger partial charge in [-0.2, -0.15) is 0 Å². The average molecular weight is 331 g/mol. The molecular formula is C14H20BrFN2O. The number of halogens is 2. The molecular weight excluding hydrogens is 311 g/mol. The van der Waals surface area contributed by atoms with E-state index in [4.69, 9.17) is 10.5 Å². The molecule has 0 spiro atoms. The molecule has 19 heavy (non-hydrogen) atoms. The largest absolute Gasteiger partial charge is 0.492 e. The first-order valence-corrected chi connectivity index (χ1v) is 7.41. The van der Waals surface area contributed by atoms with Gasteiger partial charge in [0.15, 0.2) is 0 Å². The first-order valence-electron chi connectivity index (χ1n) is 6.61. The van der Waals surface area contributed by atoms with E-state index >= 15 is 0 Å². The molecule has 5 heteroatoms. The predicted octanol–water partition coefficient (Wildman–Crippen LogP) is 2.64. The number of benzene rings is 1. The van der Waals surface area contributed by atoms with E-state index in [-0.39, 0.29) is 11.9 Å². The molecule has 2 rings (SSSR count). The second-order valence-corrected chi connectivity index (χ2v) is 6.08. The molecule has 1 fully saturated rings. The van der Waals surface area contributed by atoms with Crippen LogP contribution in [-0.4, -0.2) is 37.2 Å². The lowest BCUT2D eigenvalue weighted by molar-refractivity contribution is 0.230. The van der Waals surface area contributed by atoms with Gasteiger partial charge in [-0.05, 0) is 37.9 Å². The molecule has 1 aliphatic rings. The third-order valence-electron chi connectivity index (χ3n) is 3.56. The summed E-state index contributed by atoms with van der Waals surface area (Å²) in [4.78, 5) is 2.35. The molecule has 0 saturated carbocycles. The summed E-state index contributed by atoms with van der Waals surface area (Å²) < 4.78 is 19.4. The van der Waals surface area contributed by atoms with Gasteiger partial charge in [0.2, 0.25) is 0 Å². The minimum Gasteiger partial charge on any atom is -0.492 e. The Labute approximate surface area is 122 Å². The minimum atomic E-state index is -0.289. The second kappa shape index (κ2) is 6.68. The number of likely N-dealkylation sites (tertiary alicyclic amines) is 1. The van der Waals surface area contributed by atoms with E-state index < -0.39 is 0 Å². The maximum Gasteiger partial charge on any atom is 0.128 e. The fourth-order valence-corrected chi connectivity index (χ4v) is 2.84. The maximum absolute atomic E-state index is 13.2. The van der Waals surface area contributed by atoms with Crippen molar-refractivity contribution in [3.05, 3.63) is 28.5 Å². The Morgan fingerprint density at radius 3 is 2.95 bits per heavy atom. The van der Waals surface area contributed by atoms with Crippen molar-refractivity contribution in [2.24, 2.45) is 11.7 Å². The lowest BCUT2D eigenvalue weighted by Gasteiger charge is -2.18. The van der Waals surface area contributed by atoms with E-state index in [9.17, 15) is 4.39 Å². The summed E-state index contributed by atoms with van der Waals surface area (Å²) in [5.74, 6) is 0.862. The quantitative estimate of drug-likeness (QED) is 0.901. The Bertz CT molecular complexity index is 408. The molecule has 2 atom stereocenters. The standard InChI is InChI=1S/C14H20BrFN2O/c1-10(17)11-2-3-18(9-11)4-5-19-14-7-12(15)6-13(16)8-14/h6-8,10-11H,2-5,9,17H2,1H3. The molecule has 0 radical (unpaired) electrons. The van der Waals surface area contributed by atoms with Gasteiger partial charge in [0.05, 0.1) is 0 Å². The lowest BCUT2D eigenvalue weighted by Crippen LogP contribution is -2.31. The molecule has 1 aliphatic heterocycles. The summed E-state index contributed by atoms with van der Waals surface area (Å²) in [6.45, 7) is 5.60. The van der Waals surface area contributed by atoms with Crippen molar-refractivity contribution in [3.63, 3.8) is 0 Å². The van der Waals surface area contributed by atoms with Crippen LogP contribution in [0.4, 0.5) is 4.39 Å². The van der Waals surface area contributed by atoms with Crippen LogP contribution < -0.4 is 10.5 Å². The topological polar surface area (TPSA) is 38.5 Å². The highest BCUT2D eigenvalue weighted by Crippen LogP contribution is 2.21. The number of rotatable bonds is 5. The first-order chi connectivity index (χ1) is 9.04. The van der Waals surface area contributed by atoms with E-state index in [1.165, 1.54) is 12.1 Å². The van der Waals surface area contributed by atoms with Gasteiger partial charge in [-0.1, -0.05) is 15.9 Å². The normalized spacial score (nSPS) is 21.6. The third-order valence-corrected chi connectivity index (χ3v) is 4.02. The van der Waals surface area contributed by atoms with Gasteiger partial charge in [-0.3, -0.25) is 4.90 Å². The number of hydrogen-bond acceptors (Lipinski definition) is 3. The van der Waals surface area contributed by atoms with Crippen molar-refractivity contribution in [1.29, 1.82) is 0 Å². The van der Waals surface area contributed by atoms with Crippen LogP contribution in [0.1, 0.15) is 13.3 Å². The lowest BCUT2D eigenvalue weighted by atomic mass is 10.0. The van der Waals surface area contributed by atoms with E-state index in [0.717, 1.165) is 26.1 Å². The molecule has 2 N–H and O–H groups in total. The number of ether oxygens (including phenoxy) is 1. The van der Waals surface area contributed by atoms with Gasteiger partial charge in [0.25, 0.3) is 0 Å². The van der Waals surface area contributed by atoms with Crippen LogP contribution in [0.3, 0.4) is 0 Å². The fraction of sp³-hybridized carbons (Fsp3) is 0.571. The van der Waals surface area contributed by atoms with Crippen LogP contribution >= 0.6 is 15.9 Å². The van der Waals surface area contributed by atoms with Gasteiger partial charge >= 0.3 is 0 Å². The monoisotopic (exact) mass is 330 g/mol. The third kappa shape index (κ3) is 4.44. The second-order valence-electron chi connectivity index (χ2n) is 5.16. The van der Waals surface area contributed by atoms with Crippen LogP contribution in [0.15, 0.2) is 22.7 Å². The molecule has 3 nitrogen and oxygen atoms in total. The van der Waals surface area contributed by atoms with Crippen molar-refractivity contribution < 1.29 is 9.13 Å². The van der Waals surface area contributed by atoms with E-state index in [1.54, 1.807) is 6.07 Å². The zero-order chi connectivity index (χ0) is 13.8. The molecule has 1 saturated heterocycles. The fourth-order valence-electron chi connectivity index (χ4n) is 2.40. The summed E-state index contributed by atoms with van der Waals surface area (Å²) in [7, 11) is 0. The number of nitrogens with two attached hydrogens (primary N) is 1. The van der Waals surface area contributed by atoms with E-state index in [0.29, 0.717) is 22.7 Å². The van der Waals surface area contributed by atoms with Crippen molar-refractivity contribution in [3.8, 4) is 5.75 Å². The maximum atomic E-state index is 13.2. The van der Waals surface area contributed by atoms with E-state index in [2.05, 4.69) is 27.8 Å². The molecule has 106 valence electrons. The number of hydrogen-bond donors (Lipinski definition) is 1. The van der Waals surface area contributed by atoms with Crippen LogP contribution in [-0.2, 0) is 0 Å². The van der Waals surface area contributed by atoms with Crippen LogP contribution in [0.2, 0.25) is 0 Å². The van der Waals surface area contributed by atoms with E-state index in [1.807, 2.05) is 0 Å². The minimum absolute atomic E-state index is 0.255. The highest BCUT2D eigenvalue weighted by atomic mass is 79.9. The summed E-state index contributed by atoms with van der Waals surface area (Å²) in [6, 6.07) is 4.85. The Morgan fingerprint density at radius 2 is 2.32 bits per heavy atom. The zero-order valence-corrected chi connectivity index (χ0v) is 12.7. The van der Waals surface area contributed by atoms with Crippen molar-refractivity contribution >= 4 is 15.9 Å². The smallest absolute Gasteiger partial charge is 0.128 e. The summed E-state index contributed by atoms with van der Waals surface area (Å²) in [6.07, 6.45) is 1.16. The van der Waals surface area contributed by atoms with Gasteiger partial charge in [-0.25, -0.2) is 4.39 Å². The van der Waals surface area contributed by atoms with Crippen molar-refractivity contribution in [1.82, 2.24) is 4.90 Å². The van der Waals surface area contributed by atoms with Gasteiger partial charge in [-0.15, -0.1) is 0 Å². The van der Waals surface area contributed by atoms with Gasteiger partial charge in [0.1, 0.15) is 18.2 Å². The Hall–Kier alpha value is -0.650. The predicted molar refractivity (Wildman–Crippen MR) is 77.8 cm³/mol. The molecule has 0 aliphatic carbocycles. The molecule has 1 aromatic rings. The average Bonchev–Trinajstić information content (AvgIpc) is 2.76. The molecule has 0 amide bonds. The zero-order valence-electron chi connectivity index (χ0n) is 11.1. The van der Waals surface area contributed by atoms with Crippen LogP contribution in [0.25, 0.3) is 0 Å². The Morgan fingerprint density at radius 1 is 1.53 bits per heavy atom. The molecule has 1 heterocycles. The van der Waals surface area contributed by atoms with Crippen LogP contribution in [0, 0.1) is 11.7 Å². The molecule has 0 aromatic heterocycles. The Balaban J connectivity index is 1.75. The van der Waals surface area contributed by atoms with Gasteiger partial charge in [0, 0.05) is 29.7 Å². The highest BCUT2D eigenvalue weighted by Gasteiger charge is 2.24. The SMILES string of the molecule is CC(N)C1CCN(CCOc2cc(F)cc(Br)c2)C1. The highest BCUT2D eigenvalue weighted by molar-refractivity contribution is 9.10. The molecule has 2 unspecified atom stereocenters. The molecule has 0 bridgehead atoms. The van der Waals surface area contributed by atoms with Crippen molar-refractivity contribution in [2.45, 2.75) is 19.4 Å². The van der Waals surface area contributed by atoms with Crippen molar-refractivity contribution in [2.75, 3.05) is 26.2 Å². The Kier molecular flexibility index (Phi) is 5.19. The number of nitrogens with zero attached hydrogens (tertiary/aromatic N) is 1. The summed E-state index contributed by atoms with van der Waals surface area (Å²) in [5.41, 5.74) is 5.91.